The Labute approximate surface area is 56.2 Å². The molecule has 1 aromatic rings. The van der Waals surface area contributed by atoms with E-state index in [0.717, 1.165) is 0 Å². The van der Waals surface area contributed by atoms with Gasteiger partial charge in [-0.15, -0.1) is 0 Å². The molecule has 0 saturated carbocycles. The average molecular weight is 143 g/mol. The van der Waals surface area contributed by atoms with Crippen LogP contribution in [0.15, 0.2) is 19.0 Å². The first-order chi connectivity index (χ1) is 4.73. The zero-order valence-corrected chi connectivity index (χ0v) is 4.88. The lowest BCUT2D eigenvalue weighted by molar-refractivity contribution is 0.137. The highest BCUT2D eigenvalue weighted by molar-refractivity contribution is 5.53. The monoisotopic (exact) mass is 143 g/mol. The normalized spacial score (nSPS) is 7.20. The Morgan fingerprint density at radius 1 is 1.00 bits per heavy atom. The second-order valence-electron chi connectivity index (χ2n) is 1.08. The number of carbonyl (C=O) groups is 1. The molecule has 6 heteroatoms. The van der Waals surface area contributed by atoms with Crippen LogP contribution < -0.4 is 0 Å². The van der Waals surface area contributed by atoms with Crippen molar-refractivity contribution < 1.29 is 15.0 Å². The largest absolute Gasteiger partial charge is 0.503 e. The van der Waals surface area contributed by atoms with E-state index >= 15 is 0 Å². The predicted molar refractivity (Wildman–Crippen MR) is 30.5 cm³/mol. The molecule has 1 heterocycles. The van der Waals surface area contributed by atoms with Crippen LogP contribution >= 0.6 is 0 Å². The molecule has 0 aliphatic rings. The van der Waals surface area contributed by atoms with Gasteiger partial charge < -0.3 is 10.2 Å². The summed E-state index contributed by atoms with van der Waals surface area (Å²) in [5, 5.41) is 13.9. The van der Waals surface area contributed by atoms with E-state index in [1.165, 1.54) is 19.0 Å². The molecule has 1 rings (SSSR count). The van der Waals surface area contributed by atoms with Crippen LogP contribution in [-0.2, 0) is 0 Å². The standard InChI is InChI=1S/C3H3N3.CH2O3/c1-4-2-6-3-5-1;2-1(3)4/h1-3H;(H2,2,3,4). The fourth-order valence-corrected chi connectivity index (χ4v) is 0.205. The number of hydrogen-bond donors (Lipinski definition) is 2. The van der Waals surface area contributed by atoms with Crippen LogP contribution in [0.3, 0.4) is 0 Å². The Morgan fingerprint density at radius 3 is 1.30 bits per heavy atom. The highest BCUT2D eigenvalue weighted by Gasteiger charge is 1.70. The van der Waals surface area contributed by atoms with Crippen molar-refractivity contribution in [2.75, 3.05) is 0 Å². The molecule has 0 spiro atoms. The highest BCUT2D eigenvalue weighted by Crippen LogP contribution is 1.57. The second kappa shape index (κ2) is 5.42. The number of nitrogens with zero attached hydrogens (tertiary/aromatic N) is 3. The zero-order chi connectivity index (χ0) is 7.82. The number of carboxylic acid groups (broad SMARTS) is 2. The molecule has 0 fully saturated rings. The van der Waals surface area contributed by atoms with Gasteiger partial charge in [-0.3, -0.25) is 0 Å². The Bertz CT molecular complexity index is 148. The molecular weight excluding hydrogens is 138 g/mol. The van der Waals surface area contributed by atoms with Crippen molar-refractivity contribution >= 4 is 6.16 Å². The summed E-state index contributed by atoms with van der Waals surface area (Å²) in [6.45, 7) is 0. The summed E-state index contributed by atoms with van der Waals surface area (Å²) in [6.07, 6.45) is 2.48. The molecule has 0 aliphatic heterocycles. The molecule has 54 valence electrons. The maximum Gasteiger partial charge on any atom is 0.503 e. The van der Waals surface area contributed by atoms with E-state index in [0.29, 0.717) is 0 Å². The van der Waals surface area contributed by atoms with Crippen LogP contribution in [0, 0.1) is 0 Å². The van der Waals surface area contributed by atoms with Gasteiger partial charge in [-0.25, -0.2) is 19.7 Å². The van der Waals surface area contributed by atoms with Crippen molar-refractivity contribution in [2.45, 2.75) is 0 Å². The van der Waals surface area contributed by atoms with Crippen molar-refractivity contribution in [1.82, 2.24) is 15.0 Å². The van der Waals surface area contributed by atoms with Gasteiger partial charge in [0.2, 0.25) is 0 Å². The Morgan fingerprint density at radius 2 is 1.20 bits per heavy atom. The fourth-order valence-electron chi connectivity index (χ4n) is 0.205. The minimum absolute atomic E-state index is 1.44. The van der Waals surface area contributed by atoms with Gasteiger partial charge in [0, 0.05) is 0 Å². The van der Waals surface area contributed by atoms with E-state index in [2.05, 4.69) is 15.0 Å². The SMILES string of the molecule is O=C(O)O.c1ncncn1. The molecule has 0 aromatic carbocycles. The topological polar surface area (TPSA) is 96.2 Å². The summed E-state index contributed by atoms with van der Waals surface area (Å²) in [5.41, 5.74) is 0. The third-order valence-electron chi connectivity index (χ3n) is 0.400. The van der Waals surface area contributed by atoms with Gasteiger partial charge in [0.15, 0.2) is 0 Å². The molecule has 0 radical (unpaired) electrons. The first-order valence-electron chi connectivity index (χ1n) is 2.20. The van der Waals surface area contributed by atoms with Crippen molar-refractivity contribution in [3.8, 4) is 0 Å². The molecule has 0 saturated heterocycles. The molecule has 0 unspecified atom stereocenters. The first kappa shape index (κ1) is 8.28. The van der Waals surface area contributed by atoms with E-state index in [1.807, 2.05) is 0 Å². The maximum atomic E-state index is 8.56. The summed E-state index contributed by atoms with van der Waals surface area (Å²) < 4.78 is 0. The third-order valence-corrected chi connectivity index (χ3v) is 0.400. The van der Waals surface area contributed by atoms with Crippen molar-refractivity contribution in [1.29, 1.82) is 0 Å². The summed E-state index contributed by atoms with van der Waals surface area (Å²) in [4.78, 5) is 19.2. The van der Waals surface area contributed by atoms with Crippen molar-refractivity contribution in [3.05, 3.63) is 19.0 Å². The van der Waals surface area contributed by atoms with Crippen LogP contribution in [-0.4, -0.2) is 31.3 Å². The Hall–Kier alpha value is -1.72. The van der Waals surface area contributed by atoms with Gasteiger partial charge in [0.05, 0.1) is 0 Å². The van der Waals surface area contributed by atoms with Gasteiger partial charge in [-0.05, 0) is 0 Å². The molecule has 0 atom stereocenters. The van der Waals surface area contributed by atoms with E-state index < -0.39 is 6.16 Å². The zero-order valence-electron chi connectivity index (χ0n) is 4.88. The Balaban J connectivity index is 0.000000180. The molecule has 0 bridgehead atoms. The maximum absolute atomic E-state index is 8.56. The van der Waals surface area contributed by atoms with Crippen molar-refractivity contribution in [2.24, 2.45) is 0 Å². The van der Waals surface area contributed by atoms with Crippen LogP contribution in [0.2, 0.25) is 0 Å². The number of rotatable bonds is 0. The van der Waals surface area contributed by atoms with Crippen LogP contribution in [0.4, 0.5) is 4.79 Å². The Kier molecular flexibility index (Phi) is 4.49. The van der Waals surface area contributed by atoms with Gasteiger partial charge in [-0.1, -0.05) is 0 Å². The molecule has 10 heavy (non-hydrogen) atoms. The second-order valence-corrected chi connectivity index (χ2v) is 1.08. The summed E-state index contributed by atoms with van der Waals surface area (Å²) in [5.74, 6) is 0. The lowest BCUT2D eigenvalue weighted by Gasteiger charge is -1.69. The highest BCUT2D eigenvalue weighted by atomic mass is 16.6. The van der Waals surface area contributed by atoms with Crippen LogP contribution in [0.25, 0.3) is 0 Å². The molecule has 6 nitrogen and oxygen atoms in total. The third kappa shape index (κ3) is 9.56. The van der Waals surface area contributed by atoms with E-state index in [4.69, 9.17) is 15.0 Å². The lowest BCUT2D eigenvalue weighted by atomic mass is 11.1. The van der Waals surface area contributed by atoms with Gasteiger partial charge in [-0.2, -0.15) is 0 Å². The summed E-state index contributed by atoms with van der Waals surface area (Å²) in [6, 6.07) is 0. The quantitative estimate of drug-likeness (QED) is 0.534. The molecular formula is C4H5N3O3. The minimum Gasteiger partial charge on any atom is -0.450 e. The van der Waals surface area contributed by atoms with Crippen LogP contribution in [0.1, 0.15) is 0 Å². The van der Waals surface area contributed by atoms with E-state index in [1.54, 1.807) is 0 Å². The van der Waals surface area contributed by atoms with E-state index in [-0.39, 0.29) is 0 Å². The number of aromatic nitrogens is 3. The molecule has 1 aromatic heterocycles. The summed E-state index contributed by atoms with van der Waals surface area (Å²) >= 11 is 0. The number of hydrogen-bond acceptors (Lipinski definition) is 4. The molecule has 0 aliphatic carbocycles. The molecule has 0 amide bonds. The minimum atomic E-state index is -1.83. The molecule has 2 N–H and O–H groups in total. The fraction of sp³-hybridized carbons (Fsp3) is 0. The van der Waals surface area contributed by atoms with Crippen LogP contribution in [0.5, 0.6) is 0 Å². The van der Waals surface area contributed by atoms with Gasteiger partial charge in [0.1, 0.15) is 19.0 Å². The van der Waals surface area contributed by atoms with E-state index in [9.17, 15) is 0 Å². The van der Waals surface area contributed by atoms with Crippen molar-refractivity contribution in [3.63, 3.8) is 0 Å². The summed E-state index contributed by atoms with van der Waals surface area (Å²) in [7, 11) is 0. The first-order valence-corrected chi connectivity index (χ1v) is 2.20. The average Bonchev–Trinajstić information content (AvgIpc) is 1.90. The predicted octanol–water partition coefficient (Wildman–Crippen LogP) is 0.0940. The lowest BCUT2D eigenvalue weighted by Crippen LogP contribution is -1.81. The smallest absolute Gasteiger partial charge is 0.450 e. The van der Waals surface area contributed by atoms with Gasteiger partial charge in [0.25, 0.3) is 0 Å². The van der Waals surface area contributed by atoms with Gasteiger partial charge >= 0.3 is 6.16 Å².